The second-order valence-corrected chi connectivity index (χ2v) is 5.04. The molecular formula is C13H27NO3. The summed E-state index contributed by atoms with van der Waals surface area (Å²) in [5.74, 6) is 0. The maximum Gasteiger partial charge on any atom is 0.0619 e. The van der Waals surface area contributed by atoms with Gasteiger partial charge < -0.3 is 19.9 Å². The zero-order chi connectivity index (χ0) is 12.6. The normalized spacial score (nSPS) is 21.4. The molecular weight excluding hydrogens is 218 g/mol. The molecule has 1 saturated heterocycles. The van der Waals surface area contributed by atoms with E-state index < -0.39 is 0 Å². The van der Waals surface area contributed by atoms with Gasteiger partial charge in [0, 0.05) is 25.4 Å². The Kier molecular flexibility index (Phi) is 7.04. The molecule has 4 nitrogen and oxygen atoms in total. The van der Waals surface area contributed by atoms with Crippen LogP contribution in [0.1, 0.15) is 39.5 Å². The highest BCUT2D eigenvalue weighted by molar-refractivity contribution is 4.81. The van der Waals surface area contributed by atoms with Crippen LogP contribution in [0.15, 0.2) is 0 Å². The molecule has 0 saturated carbocycles. The van der Waals surface area contributed by atoms with Crippen molar-refractivity contribution in [2.24, 2.45) is 0 Å². The quantitative estimate of drug-likeness (QED) is 0.633. The minimum Gasteiger partial charge on any atom is -0.394 e. The number of aliphatic hydroxyl groups is 1. The molecule has 2 N–H and O–H groups in total. The van der Waals surface area contributed by atoms with E-state index in [1.54, 1.807) is 0 Å². The van der Waals surface area contributed by atoms with Crippen molar-refractivity contribution in [3.63, 3.8) is 0 Å². The van der Waals surface area contributed by atoms with E-state index in [1.165, 1.54) is 0 Å². The Morgan fingerprint density at radius 2 is 2.12 bits per heavy atom. The summed E-state index contributed by atoms with van der Waals surface area (Å²) >= 11 is 0. The van der Waals surface area contributed by atoms with Crippen molar-refractivity contribution in [1.82, 2.24) is 5.32 Å². The highest BCUT2D eigenvalue weighted by Crippen LogP contribution is 2.14. The van der Waals surface area contributed by atoms with Gasteiger partial charge in [-0.15, -0.1) is 0 Å². The zero-order valence-corrected chi connectivity index (χ0v) is 11.2. The molecule has 17 heavy (non-hydrogen) atoms. The molecule has 0 aliphatic carbocycles. The Morgan fingerprint density at radius 1 is 1.41 bits per heavy atom. The average Bonchev–Trinajstić information content (AvgIpc) is 2.36. The van der Waals surface area contributed by atoms with Crippen molar-refractivity contribution in [2.45, 2.75) is 51.2 Å². The molecule has 0 spiro atoms. The summed E-state index contributed by atoms with van der Waals surface area (Å²) in [5, 5.41) is 12.7. The van der Waals surface area contributed by atoms with Gasteiger partial charge in [-0.2, -0.15) is 0 Å². The molecule has 0 aromatic heterocycles. The molecule has 0 amide bonds. The molecule has 1 aliphatic heterocycles. The van der Waals surface area contributed by atoms with Crippen LogP contribution in [0, 0.1) is 0 Å². The Bertz CT molecular complexity index is 195. The van der Waals surface area contributed by atoms with Gasteiger partial charge in [0.05, 0.1) is 12.7 Å². The first-order valence-electron chi connectivity index (χ1n) is 6.75. The Hall–Kier alpha value is -0.160. The lowest BCUT2D eigenvalue weighted by Crippen LogP contribution is -2.45. The van der Waals surface area contributed by atoms with Crippen LogP contribution in [-0.2, 0) is 9.47 Å². The van der Waals surface area contributed by atoms with Crippen LogP contribution in [0.5, 0.6) is 0 Å². The molecule has 1 rings (SSSR count). The van der Waals surface area contributed by atoms with E-state index in [2.05, 4.69) is 19.2 Å². The molecule has 1 aliphatic rings. The monoisotopic (exact) mass is 245 g/mol. The molecule has 4 heteroatoms. The molecule has 1 heterocycles. The number of ether oxygens (including phenoxy) is 2. The van der Waals surface area contributed by atoms with Crippen LogP contribution in [0.3, 0.4) is 0 Å². The number of nitrogens with one attached hydrogen (secondary N) is 1. The lowest BCUT2D eigenvalue weighted by molar-refractivity contribution is -0.0342. The first-order chi connectivity index (χ1) is 8.20. The first-order valence-corrected chi connectivity index (χ1v) is 6.75. The molecule has 1 unspecified atom stereocenters. The molecule has 1 fully saturated rings. The first kappa shape index (κ1) is 14.9. The molecule has 1 atom stereocenters. The number of likely N-dealkylation sites (N-methyl/N-ethyl adjacent to an activating group) is 1. The van der Waals surface area contributed by atoms with E-state index >= 15 is 0 Å². The highest BCUT2D eigenvalue weighted by atomic mass is 16.5. The van der Waals surface area contributed by atoms with Crippen LogP contribution in [0.4, 0.5) is 0 Å². The van der Waals surface area contributed by atoms with Gasteiger partial charge in [-0.3, -0.25) is 0 Å². The van der Waals surface area contributed by atoms with Gasteiger partial charge in [0.25, 0.3) is 0 Å². The fourth-order valence-electron chi connectivity index (χ4n) is 2.21. The van der Waals surface area contributed by atoms with Crippen LogP contribution < -0.4 is 5.32 Å². The maximum atomic E-state index is 9.34. The third-order valence-electron chi connectivity index (χ3n) is 3.35. The molecule has 0 aromatic rings. The maximum absolute atomic E-state index is 9.34. The van der Waals surface area contributed by atoms with Crippen LogP contribution >= 0.6 is 0 Å². The lowest BCUT2D eigenvalue weighted by Gasteiger charge is -2.29. The summed E-state index contributed by atoms with van der Waals surface area (Å²) < 4.78 is 11.1. The average molecular weight is 245 g/mol. The second-order valence-electron chi connectivity index (χ2n) is 5.04. The van der Waals surface area contributed by atoms with E-state index in [0.29, 0.717) is 6.10 Å². The SMILES string of the molecule is CCNC(C)(CO)CCCOC1CCOCC1. The van der Waals surface area contributed by atoms with Crippen molar-refractivity contribution in [3.8, 4) is 0 Å². The van der Waals surface area contributed by atoms with Gasteiger partial charge in [-0.05, 0) is 39.2 Å². The molecule has 0 aromatic carbocycles. The van der Waals surface area contributed by atoms with Gasteiger partial charge in [-0.1, -0.05) is 6.92 Å². The highest BCUT2D eigenvalue weighted by Gasteiger charge is 2.21. The van der Waals surface area contributed by atoms with Crippen LogP contribution in [0.25, 0.3) is 0 Å². The van der Waals surface area contributed by atoms with Gasteiger partial charge in [-0.25, -0.2) is 0 Å². The summed E-state index contributed by atoms with van der Waals surface area (Å²) in [5.41, 5.74) is -0.159. The standard InChI is InChI=1S/C13H27NO3/c1-3-14-13(2,11-15)7-4-8-17-12-5-9-16-10-6-12/h12,14-15H,3-11H2,1-2H3. The predicted octanol–water partition coefficient (Wildman–Crippen LogP) is 1.32. The number of aliphatic hydroxyl groups excluding tert-OH is 1. The summed E-state index contributed by atoms with van der Waals surface area (Å²) in [7, 11) is 0. The minimum atomic E-state index is -0.159. The summed E-state index contributed by atoms with van der Waals surface area (Å²) in [4.78, 5) is 0. The summed E-state index contributed by atoms with van der Waals surface area (Å²) in [6, 6.07) is 0. The summed E-state index contributed by atoms with van der Waals surface area (Å²) in [6.45, 7) is 7.63. The minimum absolute atomic E-state index is 0.159. The number of rotatable bonds is 8. The molecule has 0 radical (unpaired) electrons. The fraction of sp³-hybridized carbons (Fsp3) is 1.00. The van der Waals surface area contributed by atoms with E-state index in [1.807, 2.05) is 0 Å². The third-order valence-corrected chi connectivity index (χ3v) is 3.35. The van der Waals surface area contributed by atoms with Crippen molar-refractivity contribution in [3.05, 3.63) is 0 Å². The Labute approximate surface area is 105 Å². The number of hydrogen-bond acceptors (Lipinski definition) is 4. The van der Waals surface area contributed by atoms with Gasteiger partial charge >= 0.3 is 0 Å². The van der Waals surface area contributed by atoms with Crippen molar-refractivity contribution < 1.29 is 14.6 Å². The molecule has 0 bridgehead atoms. The largest absolute Gasteiger partial charge is 0.394 e. The van der Waals surface area contributed by atoms with Gasteiger partial charge in [0.1, 0.15) is 0 Å². The lowest BCUT2D eigenvalue weighted by atomic mass is 9.97. The smallest absolute Gasteiger partial charge is 0.0619 e. The summed E-state index contributed by atoms with van der Waals surface area (Å²) in [6.07, 6.45) is 4.35. The van der Waals surface area contributed by atoms with Crippen molar-refractivity contribution in [2.75, 3.05) is 33.0 Å². The zero-order valence-electron chi connectivity index (χ0n) is 11.2. The van der Waals surface area contributed by atoms with E-state index in [4.69, 9.17) is 9.47 Å². The van der Waals surface area contributed by atoms with Gasteiger partial charge in [0.15, 0.2) is 0 Å². The van der Waals surface area contributed by atoms with E-state index in [-0.39, 0.29) is 12.1 Å². The van der Waals surface area contributed by atoms with Crippen molar-refractivity contribution >= 4 is 0 Å². The predicted molar refractivity (Wildman–Crippen MR) is 68.2 cm³/mol. The Balaban J connectivity index is 2.09. The van der Waals surface area contributed by atoms with Crippen molar-refractivity contribution in [1.29, 1.82) is 0 Å². The van der Waals surface area contributed by atoms with E-state index in [0.717, 1.165) is 52.0 Å². The third kappa shape index (κ3) is 5.82. The van der Waals surface area contributed by atoms with Gasteiger partial charge in [0.2, 0.25) is 0 Å². The van der Waals surface area contributed by atoms with Crippen LogP contribution in [-0.4, -0.2) is 49.7 Å². The Morgan fingerprint density at radius 3 is 2.71 bits per heavy atom. The fourth-order valence-corrected chi connectivity index (χ4v) is 2.21. The molecule has 102 valence electrons. The van der Waals surface area contributed by atoms with Crippen LogP contribution in [0.2, 0.25) is 0 Å². The topological polar surface area (TPSA) is 50.7 Å². The number of hydrogen-bond donors (Lipinski definition) is 2. The van der Waals surface area contributed by atoms with E-state index in [9.17, 15) is 5.11 Å². The second kappa shape index (κ2) is 8.03.